The number of fused-ring (bicyclic) bond motifs is 2. The highest BCUT2D eigenvalue weighted by molar-refractivity contribution is 6.35. The average Bonchev–Trinajstić information content (AvgIpc) is 2.64. The van der Waals surface area contributed by atoms with Crippen molar-refractivity contribution in [2.45, 2.75) is 25.7 Å². The standard InChI is InChI=1S/C18H13ClF3N3O3/c19-14-9-3-1-2-4-13(9)28-16(27)11(14)8-25-6-5-12-10(7-25)15(26)24-17(23-12)18(20,21)22/h1-4H,5-8H2,(H,23,24,26). The van der Waals surface area contributed by atoms with E-state index in [-0.39, 0.29) is 41.4 Å². The highest BCUT2D eigenvalue weighted by atomic mass is 35.5. The number of rotatable bonds is 2. The lowest BCUT2D eigenvalue weighted by Crippen LogP contribution is -2.37. The topological polar surface area (TPSA) is 79.2 Å². The minimum atomic E-state index is -4.72. The van der Waals surface area contributed by atoms with Gasteiger partial charge in [0.1, 0.15) is 5.58 Å². The molecule has 2 aromatic heterocycles. The number of alkyl halides is 3. The van der Waals surface area contributed by atoms with Crippen LogP contribution in [-0.4, -0.2) is 21.4 Å². The Labute approximate surface area is 160 Å². The second-order valence-corrected chi connectivity index (χ2v) is 6.85. The summed E-state index contributed by atoms with van der Waals surface area (Å²) in [4.78, 5) is 31.5. The van der Waals surface area contributed by atoms with Crippen LogP contribution in [0.5, 0.6) is 0 Å². The van der Waals surface area contributed by atoms with E-state index in [0.717, 1.165) is 0 Å². The van der Waals surface area contributed by atoms with Crippen molar-refractivity contribution < 1.29 is 17.6 Å². The predicted octanol–water partition coefficient (Wildman–Crippen LogP) is 3.11. The second-order valence-electron chi connectivity index (χ2n) is 6.48. The number of aromatic nitrogens is 2. The lowest BCUT2D eigenvalue weighted by atomic mass is 10.1. The van der Waals surface area contributed by atoms with Gasteiger partial charge in [0.2, 0.25) is 5.82 Å². The molecule has 1 aliphatic heterocycles. The molecule has 0 radical (unpaired) electrons. The summed E-state index contributed by atoms with van der Waals surface area (Å²) in [7, 11) is 0. The van der Waals surface area contributed by atoms with Gasteiger partial charge >= 0.3 is 11.8 Å². The summed E-state index contributed by atoms with van der Waals surface area (Å²) in [5.41, 5.74) is -0.553. The Balaban J connectivity index is 1.65. The van der Waals surface area contributed by atoms with Crippen LogP contribution in [0.3, 0.4) is 0 Å². The molecule has 3 aromatic rings. The van der Waals surface area contributed by atoms with Crippen LogP contribution in [0.25, 0.3) is 11.0 Å². The zero-order valence-electron chi connectivity index (χ0n) is 14.3. The average molecular weight is 412 g/mol. The first kappa shape index (κ1) is 18.7. The molecule has 0 saturated carbocycles. The number of halogens is 4. The van der Waals surface area contributed by atoms with Gasteiger partial charge in [-0.1, -0.05) is 23.7 Å². The Hall–Kier alpha value is -2.65. The third kappa shape index (κ3) is 3.31. The van der Waals surface area contributed by atoms with Crippen LogP contribution >= 0.6 is 11.6 Å². The Morgan fingerprint density at radius 3 is 2.75 bits per heavy atom. The molecule has 0 unspecified atom stereocenters. The molecule has 0 atom stereocenters. The Morgan fingerprint density at radius 2 is 2.00 bits per heavy atom. The van der Waals surface area contributed by atoms with Crippen LogP contribution < -0.4 is 11.2 Å². The van der Waals surface area contributed by atoms with Crippen LogP contribution in [-0.2, 0) is 25.7 Å². The van der Waals surface area contributed by atoms with Crippen molar-refractivity contribution in [1.29, 1.82) is 0 Å². The number of hydrogen-bond acceptors (Lipinski definition) is 5. The van der Waals surface area contributed by atoms with Crippen LogP contribution in [0, 0.1) is 0 Å². The van der Waals surface area contributed by atoms with Gasteiger partial charge in [0.15, 0.2) is 0 Å². The molecule has 1 N–H and O–H groups in total. The SMILES string of the molecule is O=c1[nH]c(C(F)(F)F)nc2c1CN(Cc1c(Cl)c3ccccc3oc1=O)CC2. The summed E-state index contributed by atoms with van der Waals surface area (Å²) in [6.07, 6.45) is -4.57. The van der Waals surface area contributed by atoms with E-state index in [1.54, 1.807) is 34.1 Å². The largest absolute Gasteiger partial charge is 0.449 e. The lowest BCUT2D eigenvalue weighted by Gasteiger charge is -2.27. The minimum Gasteiger partial charge on any atom is -0.422 e. The zero-order valence-corrected chi connectivity index (χ0v) is 15.0. The second kappa shape index (κ2) is 6.75. The molecule has 146 valence electrons. The van der Waals surface area contributed by atoms with Crippen molar-refractivity contribution in [3.05, 3.63) is 72.7 Å². The van der Waals surface area contributed by atoms with Crippen molar-refractivity contribution in [2.75, 3.05) is 6.54 Å². The Morgan fingerprint density at radius 1 is 1.25 bits per heavy atom. The van der Waals surface area contributed by atoms with Crippen molar-refractivity contribution >= 4 is 22.6 Å². The van der Waals surface area contributed by atoms with Gasteiger partial charge in [0, 0.05) is 31.4 Å². The lowest BCUT2D eigenvalue weighted by molar-refractivity contribution is -0.145. The van der Waals surface area contributed by atoms with Crippen molar-refractivity contribution in [1.82, 2.24) is 14.9 Å². The van der Waals surface area contributed by atoms with Gasteiger partial charge in [-0.3, -0.25) is 9.69 Å². The van der Waals surface area contributed by atoms with E-state index in [1.165, 1.54) is 0 Å². The fourth-order valence-corrected chi connectivity index (χ4v) is 3.55. The number of hydrogen-bond donors (Lipinski definition) is 1. The zero-order chi connectivity index (χ0) is 20.1. The molecule has 6 nitrogen and oxygen atoms in total. The molecule has 0 spiro atoms. The van der Waals surface area contributed by atoms with E-state index < -0.39 is 23.2 Å². The minimum absolute atomic E-state index is 0.0540. The van der Waals surface area contributed by atoms with E-state index >= 15 is 0 Å². The fraction of sp³-hybridized carbons (Fsp3) is 0.278. The quantitative estimate of drug-likeness (QED) is 0.655. The van der Waals surface area contributed by atoms with Crippen LogP contribution in [0.15, 0.2) is 38.3 Å². The monoisotopic (exact) mass is 411 g/mol. The first-order valence-corrected chi connectivity index (χ1v) is 8.73. The number of aromatic amines is 1. The first-order valence-electron chi connectivity index (χ1n) is 8.36. The number of para-hydroxylation sites is 1. The van der Waals surface area contributed by atoms with Crippen molar-refractivity contribution in [2.24, 2.45) is 0 Å². The molecule has 1 aromatic carbocycles. The van der Waals surface area contributed by atoms with Gasteiger partial charge in [0.05, 0.1) is 21.8 Å². The molecule has 10 heteroatoms. The molecule has 28 heavy (non-hydrogen) atoms. The molecule has 1 aliphatic rings. The summed E-state index contributed by atoms with van der Waals surface area (Å²) < 4.78 is 43.7. The van der Waals surface area contributed by atoms with Gasteiger partial charge in [-0.05, 0) is 12.1 Å². The summed E-state index contributed by atoms with van der Waals surface area (Å²) in [5, 5.41) is 0.850. The van der Waals surface area contributed by atoms with Gasteiger partial charge in [-0.15, -0.1) is 0 Å². The fourth-order valence-electron chi connectivity index (χ4n) is 3.26. The highest BCUT2D eigenvalue weighted by Gasteiger charge is 2.36. The third-order valence-corrected chi connectivity index (χ3v) is 5.07. The molecule has 0 fully saturated rings. The highest BCUT2D eigenvalue weighted by Crippen LogP contribution is 2.28. The van der Waals surface area contributed by atoms with Gasteiger partial charge in [-0.2, -0.15) is 13.2 Å². The molecular weight excluding hydrogens is 399 g/mol. The van der Waals surface area contributed by atoms with Gasteiger partial charge in [0.25, 0.3) is 5.56 Å². The number of nitrogens with one attached hydrogen (secondary N) is 1. The molecule has 0 bridgehead atoms. The summed E-state index contributed by atoms with van der Waals surface area (Å²) >= 11 is 6.38. The molecule has 0 amide bonds. The molecule has 3 heterocycles. The Bertz CT molecular complexity index is 1190. The predicted molar refractivity (Wildman–Crippen MR) is 95.2 cm³/mol. The summed E-state index contributed by atoms with van der Waals surface area (Å²) in [6, 6.07) is 6.84. The van der Waals surface area contributed by atoms with Crippen LogP contribution in [0.4, 0.5) is 13.2 Å². The maximum absolute atomic E-state index is 12.8. The third-order valence-electron chi connectivity index (χ3n) is 4.64. The van der Waals surface area contributed by atoms with Crippen molar-refractivity contribution in [3.63, 3.8) is 0 Å². The van der Waals surface area contributed by atoms with E-state index in [4.69, 9.17) is 16.0 Å². The molecule has 0 aliphatic carbocycles. The van der Waals surface area contributed by atoms with Gasteiger partial charge in [-0.25, -0.2) is 9.78 Å². The number of benzene rings is 1. The van der Waals surface area contributed by atoms with Crippen LogP contribution in [0.1, 0.15) is 22.6 Å². The maximum atomic E-state index is 12.8. The number of H-pyrrole nitrogens is 1. The normalized spacial score (nSPS) is 15.0. The molecular formula is C18H13ClF3N3O3. The van der Waals surface area contributed by atoms with E-state index in [9.17, 15) is 22.8 Å². The molecule has 4 rings (SSSR count). The van der Waals surface area contributed by atoms with Gasteiger partial charge < -0.3 is 9.40 Å². The van der Waals surface area contributed by atoms with Crippen LogP contribution in [0.2, 0.25) is 5.02 Å². The Kier molecular flexibility index (Phi) is 4.51. The van der Waals surface area contributed by atoms with E-state index in [0.29, 0.717) is 17.5 Å². The maximum Gasteiger partial charge on any atom is 0.449 e. The summed E-state index contributed by atoms with van der Waals surface area (Å²) in [5.74, 6) is -1.30. The van der Waals surface area contributed by atoms with Crippen molar-refractivity contribution in [3.8, 4) is 0 Å². The number of nitrogens with zero attached hydrogens (tertiary/aromatic N) is 2. The smallest absolute Gasteiger partial charge is 0.422 e. The van der Waals surface area contributed by atoms with E-state index in [1.807, 2.05) is 0 Å². The van der Waals surface area contributed by atoms with E-state index in [2.05, 4.69) is 4.98 Å². The summed E-state index contributed by atoms with van der Waals surface area (Å²) in [6.45, 7) is 0.480. The molecule has 0 saturated heterocycles. The first-order chi connectivity index (χ1) is 13.2.